The molecule has 0 fully saturated rings. The van der Waals surface area contributed by atoms with Crippen molar-refractivity contribution in [1.82, 2.24) is 10.2 Å². The summed E-state index contributed by atoms with van der Waals surface area (Å²) in [5.41, 5.74) is 0.742. The summed E-state index contributed by atoms with van der Waals surface area (Å²) < 4.78 is 10.0. The Hall–Kier alpha value is -2.96. The van der Waals surface area contributed by atoms with Gasteiger partial charge in [-0.2, -0.15) is 0 Å². The van der Waals surface area contributed by atoms with Gasteiger partial charge in [-0.3, -0.25) is 10.1 Å². The molecule has 0 aliphatic heterocycles. The lowest BCUT2D eigenvalue weighted by Crippen LogP contribution is -2.20. The predicted octanol–water partition coefficient (Wildman–Crippen LogP) is 2.18. The number of carbonyl (C=O) groups is 2. The number of aromatic nitrogens is 2. The van der Waals surface area contributed by atoms with Crippen LogP contribution in [0.4, 0.5) is 6.01 Å². The first-order chi connectivity index (χ1) is 10.7. The number of nitrogens with zero attached hydrogens (tertiary/aromatic N) is 2. The number of carbonyl (C=O) groups excluding carboxylic acids is 2. The fourth-order valence-corrected chi connectivity index (χ4v) is 1.53. The Kier molecular flexibility index (Phi) is 5.42. The molecule has 0 aliphatic carbocycles. The molecule has 0 radical (unpaired) electrons. The molecule has 1 amide bonds. The molecule has 7 nitrogen and oxygen atoms in total. The second-order valence-corrected chi connectivity index (χ2v) is 4.24. The zero-order valence-corrected chi connectivity index (χ0v) is 12.0. The topological polar surface area (TPSA) is 94.3 Å². The normalized spacial score (nSPS) is 10.6. The predicted molar refractivity (Wildman–Crippen MR) is 78.8 cm³/mol. The van der Waals surface area contributed by atoms with Crippen molar-refractivity contribution < 1.29 is 18.7 Å². The zero-order valence-electron chi connectivity index (χ0n) is 12.0. The molecular formula is C15H15N3O4. The summed E-state index contributed by atoms with van der Waals surface area (Å²) in [6, 6.07) is 9.09. The van der Waals surface area contributed by atoms with Gasteiger partial charge in [0.2, 0.25) is 5.89 Å². The van der Waals surface area contributed by atoms with Gasteiger partial charge in [0.05, 0.1) is 0 Å². The van der Waals surface area contributed by atoms with Crippen LogP contribution in [0.25, 0.3) is 11.5 Å². The van der Waals surface area contributed by atoms with E-state index < -0.39 is 18.5 Å². The summed E-state index contributed by atoms with van der Waals surface area (Å²) in [6.45, 7) is 1.46. The Labute approximate surface area is 127 Å². The maximum atomic E-state index is 11.6. The fourth-order valence-electron chi connectivity index (χ4n) is 1.53. The van der Waals surface area contributed by atoms with Crippen LogP contribution < -0.4 is 5.32 Å². The van der Waals surface area contributed by atoms with E-state index in [9.17, 15) is 9.59 Å². The molecule has 0 spiro atoms. The Balaban J connectivity index is 1.86. The molecule has 0 aliphatic rings. The summed E-state index contributed by atoms with van der Waals surface area (Å²) >= 11 is 0. The Bertz CT molecular complexity index is 664. The summed E-state index contributed by atoms with van der Waals surface area (Å²) in [5.74, 6) is -0.840. The SMILES string of the molecule is CC/C=C/C(=O)OCC(=O)Nc1nnc(-c2ccccc2)o1. The molecule has 1 aromatic carbocycles. The standard InChI is InChI=1S/C15H15N3O4/c1-2-3-9-13(20)21-10-12(19)16-15-18-17-14(22-15)11-7-5-4-6-8-11/h3-9H,2,10H2,1H3,(H,16,18,19)/b9-3+. The molecule has 0 atom stereocenters. The number of hydrogen-bond donors (Lipinski definition) is 1. The highest BCUT2D eigenvalue weighted by molar-refractivity contribution is 5.92. The molecule has 1 heterocycles. The summed E-state index contributed by atoms with van der Waals surface area (Å²) in [7, 11) is 0. The van der Waals surface area contributed by atoms with E-state index in [4.69, 9.17) is 9.15 Å². The van der Waals surface area contributed by atoms with Gasteiger partial charge in [-0.1, -0.05) is 36.3 Å². The average Bonchev–Trinajstić information content (AvgIpc) is 3.00. The van der Waals surface area contributed by atoms with Crippen molar-refractivity contribution in [2.45, 2.75) is 13.3 Å². The second kappa shape index (κ2) is 7.72. The third-order valence-electron chi connectivity index (χ3n) is 2.53. The molecule has 2 rings (SSSR count). The van der Waals surface area contributed by atoms with Gasteiger partial charge in [-0.15, -0.1) is 5.10 Å². The van der Waals surface area contributed by atoms with Crippen molar-refractivity contribution in [2.75, 3.05) is 11.9 Å². The molecule has 1 N–H and O–H groups in total. The number of benzene rings is 1. The molecule has 0 unspecified atom stereocenters. The van der Waals surface area contributed by atoms with E-state index in [1.807, 2.05) is 25.1 Å². The van der Waals surface area contributed by atoms with Gasteiger partial charge in [0.1, 0.15) is 0 Å². The molecule has 7 heteroatoms. The van der Waals surface area contributed by atoms with Crippen molar-refractivity contribution in [2.24, 2.45) is 0 Å². The smallest absolute Gasteiger partial charge is 0.330 e. The van der Waals surface area contributed by atoms with E-state index in [0.29, 0.717) is 12.3 Å². The van der Waals surface area contributed by atoms with Gasteiger partial charge < -0.3 is 9.15 Å². The fraction of sp³-hybridized carbons (Fsp3) is 0.200. The lowest BCUT2D eigenvalue weighted by atomic mass is 10.2. The van der Waals surface area contributed by atoms with Crippen LogP contribution in [0, 0.1) is 0 Å². The number of ether oxygens (including phenoxy) is 1. The van der Waals surface area contributed by atoms with Crippen LogP contribution in [0.5, 0.6) is 0 Å². The largest absolute Gasteiger partial charge is 0.452 e. The lowest BCUT2D eigenvalue weighted by Gasteiger charge is -2.01. The number of hydrogen-bond acceptors (Lipinski definition) is 6. The van der Waals surface area contributed by atoms with E-state index in [0.717, 1.165) is 5.56 Å². The summed E-state index contributed by atoms with van der Waals surface area (Å²) in [6.07, 6.45) is 3.63. The van der Waals surface area contributed by atoms with Gasteiger partial charge in [-0.05, 0) is 18.6 Å². The highest BCUT2D eigenvalue weighted by Crippen LogP contribution is 2.18. The van der Waals surface area contributed by atoms with Gasteiger partial charge >= 0.3 is 12.0 Å². The molecule has 0 bridgehead atoms. The van der Waals surface area contributed by atoms with E-state index in [1.165, 1.54) is 6.08 Å². The van der Waals surface area contributed by atoms with Gasteiger partial charge in [0.25, 0.3) is 5.91 Å². The van der Waals surface area contributed by atoms with Crippen molar-refractivity contribution >= 4 is 17.9 Å². The van der Waals surface area contributed by atoms with Gasteiger partial charge in [0, 0.05) is 11.6 Å². The average molecular weight is 301 g/mol. The Morgan fingerprint density at radius 3 is 2.77 bits per heavy atom. The molecule has 1 aromatic heterocycles. The van der Waals surface area contributed by atoms with Crippen LogP contribution >= 0.6 is 0 Å². The molecule has 22 heavy (non-hydrogen) atoms. The maximum Gasteiger partial charge on any atom is 0.330 e. The Morgan fingerprint density at radius 1 is 1.27 bits per heavy atom. The van der Waals surface area contributed by atoms with E-state index >= 15 is 0 Å². The number of esters is 1. The van der Waals surface area contributed by atoms with Crippen LogP contribution in [0.15, 0.2) is 46.9 Å². The van der Waals surface area contributed by atoms with Gasteiger partial charge in [-0.25, -0.2) is 4.79 Å². The maximum absolute atomic E-state index is 11.6. The van der Waals surface area contributed by atoms with E-state index in [2.05, 4.69) is 15.5 Å². The Morgan fingerprint density at radius 2 is 2.05 bits per heavy atom. The second-order valence-electron chi connectivity index (χ2n) is 4.24. The molecule has 0 saturated carbocycles. The van der Waals surface area contributed by atoms with Crippen LogP contribution in [-0.4, -0.2) is 28.7 Å². The quantitative estimate of drug-likeness (QED) is 0.649. The third kappa shape index (κ3) is 4.55. The minimum Gasteiger partial charge on any atom is -0.452 e. The zero-order chi connectivity index (χ0) is 15.8. The number of nitrogens with one attached hydrogen (secondary N) is 1. The first-order valence-corrected chi connectivity index (χ1v) is 6.71. The molecular weight excluding hydrogens is 286 g/mol. The number of amides is 1. The highest BCUT2D eigenvalue weighted by atomic mass is 16.5. The molecule has 2 aromatic rings. The first kappa shape index (κ1) is 15.4. The first-order valence-electron chi connectivity index (χ1n) is 6.71. The van der Waals surface area contributed by atoms with Crippen molar-refractivity contribution in [1.29, 1.82) is 0 Å². The van der Waals surface area contributed by atoms with Crippen LogP contribution in [0.2, 0.25) is 0 Å². The summed E-state index contributed by atoms with van der Waals surface area (Å²) in [4.78, 5) is 22.8. The minimum atomic E-state index is -0.576. The van der Waals surface area contributed by atoms with Crippen LogP contribution in [0.3, 0.4) is 0 Å². The van der Waals surface area contributed by atoms with E-state index in [1.54, 1.807) is 18.2 Å². The van der Waals surface area contributed by atoms with Crippen LogP contribution in [-0.2, 0) is 14.3 Å². The van der Waals surface area contributed by atoms with Gasteiger partial charge in [0.15, 0.2) is 6.61 Å². The van der Waals surface area contributed by atoms with Crippen molar-refractivity contribution in [3.05, 3.63) is 42.5 Å². The highest BCUT2D eigenvalue weighted by Gasteiger charge is 2.12. The molecule has 0 saturated heterocycles. The molecule has 114 valence electrons. The lowest BCUT2D eigenvalue weighted by molar-refractivity contribution is -0.142. The summed E-state index contributed by atoms with van der Waals surface area (Å²) in [5, 5.41) is 9.89. The monoisotopic (exact) mass is 301 g/mol. The van der Waals surface area contributed by atoms with Crippen LogP contribution in [0.1, 0.15) is 13.3 Å². The number of anilines is 1. The minimum absolute atomic E-state index is 0.0518. The van der Waals surface area contributed by atoms with Crippen molar-refractivity contribution in [3.63, 3.8) is 0 Å². The number of rotatable bonds is 6. The third-order valence-corrected chi connectivity index (χ3v) is 2.53. The van der Waals surface area contributed by atoms with Crippen molar-refractivity contribution in [3.8, 4) is 11.5 Å². The van der Waals surface area contributed by atoms with E-state index in [-0.39, 0.29) is 6.01 Å². The number of allylic oxidation sites excluding steroid dienone is 1.